The number of aromatic nitrogens is 1. The first-order chi connectivity index (χ1) is 14.9. The molecular weight excluding hydrogens is 509 g/mol. The van der Waals surface area contributed by atoms with E-state index >= 15 is 0 Å². The summed E-state index contributed by atoms with van der Waals surface area (Å²) in [6.45, 7) is 0. The van der Waals surface area contributed by atoms with Crippen LogP contribution in [0.1, 0.15) is 43.2 Å². The summed E-state index contributed by atoms with van der Waals surface area (Å²) in [5.74, 6) is -0.326. The third kappa shape index (κ3) is 6.19. The van der Waals surface area contributed by atoms with E-state index in [0.29, 0.717) is 4.47 Å². The maximum atomic E-state index is 13.7. The van der Waals surface area contributed by atoms with Crippen LogP contribution in [0.5, 0.6) is 0 Å². The number of nitrogens with one attached hydrogen (secondary N) is 1. The zero-order chi connectivity index (χ0) is 23.5. The summed E-state index contributed by atoms with van der Waals surface area (Å²) in [6.07, 6.45) is 3.70. The lowest BCUT2D eigenvalue weighted by atomic mass is 9.86. The molecule has 0 spiro atoms. The number of pyridine rings is 1. The normalized spacial score (nSPS) is 16.1. The number of rotatable bonds is 5. The van der Waals surface area contributed by atoms with E-state index in [1.54, 1.807) is 18.2 Å². The Morgan fingerprint density at radius 1 is 1.16 bits per heavy atom. The van der Waals surface area contributed by atoms with Gasteiger partial charge in [0, 0.05) is 22.5 Å². The molecule has 1 aromatic carbocycles. The Kier molecular flexibility index (Phi) is 7.44. The minimum atomic E-state index is -4.90. The van der Waals surface area contributed by atoms with Crippen molar-refractivity contribution in [3.63, 3.8) is 0 Å². The van der Waals surface area contributed by atoms with E-state index < -0.39 is 32.4 Å². The van der Waals surface area contributed by atoms with E-state index in [1.165, 1.54) is 12.3 Å². The summed E-state index contributed by atoms with van der Waals surface area (Å²) in [7, 11) is -4.12. The van der Waals surface area contributed by atoms with E-state index in [1.807, 2.05) is 0 Å². The van der Waals surface area contributed by atoms with Crippen LogP contribution in [0.3, 0.4) is 0 Å². The molecule has 10 heteroatoms. The molecule has 2 aromatic rings. The van der Waals surface area contributed by atoms with Crippen LogP contribution in [0.25, 0.3) is 5.57 Å². The highest BCUT2D eigenvalue weighted by Gasteiger charge is 2.37. The van der Waals surface area contributed by atoms with Gasteiger partial charge in [-0.05, 0) is 48.6 Å². The summed E-state index contributed by atoms with van der Waals surface area (Å²) in [5.41, 5.74) is -1.23. The molecule has 0 unspecified atom stereocenters. The second-order valence-electron chi connectivity index (χ2n) is 7.77. The summed E-state index contributed by atoms with van der Waals surface area (Å²) < 4.78 is 65.5. The molecule has 0 saturated heterocycles. The zero-order valence-electron chi connectivity index (χ0n) is 17.2. The first kappa shape index (κ1) is 24.4. The van der Waals surface area contributed by atoms with Crippen molar-refractivity contribution >= 4 is 43.1 Å². The minimum absolute atomic E-state index is 0.00259. The summed E-state index contributed by atoms with van der Waals surface area (Å²) in [6, 6.07) is 6.14. The largest absolute Gasteiger partial charge is 0.417 e. The van der Waals surface area contributed by atoms with Gasteiger partial charge in [0.15, 0.2) is 9.84 Å². The van der Waals surface area contributed by atoms with Gasteiger partial charge in [-0.2, -0.15) is 13.2 Å². The Balaban J connectivity index is 2.08. The first-order valence-electron chi connectivity index (χ1n) is 10.0. The number of alkyl halides is 3. The Labute approximate surface area is 193 Å². The molecule has 32 heavy (non-hydrogen) atoms. The number of hydrogen-bond donors (Lipinski definition) is 1. The fraction of sp³-hybridized carbons (Fsp3) is 0.364. The van der Waals surface area contributed by atoms with Crippen LogP contribution in [0, 0.1) is 5.92 Å². The first-order valence-corrected chi connectivity index (χ1v) is 12.7. The number of nitrogens with zero attached hydrogens (tertiary/aromatic N) is 1. The standard InChI is InChI=1S/C22H22BrF3N2O3S/c1-32(30,31)19-8-7-15(12-18(19)22(24,25)26)17(11-14-5-3-2-4-6-14)21(29)28-20-13-16(23)9-10-27-20/h7-14H,2-6H2,1H3,(H,27,28,29)/b17-11+. The Morgan fingerprint density at radius 3 is 2.44 bits per heavy atom. The van der Waals surface area contributed by atoms with Gasteiger partial charge in [0.1, 0.15) is 5.82 Å². The van der Waals surface area contributed by atoms with Crippen LogP contribution in [0.2, 0.25) is 0 Å². The van der Waals surface area contributed by atoms with Crippen molar-refractivity contribution in [2.45, 2.75) is 43.2 Å². The average Bonchev–Trinajstić information content (AvgIpc) is 2.71. The smallest absolute Gasteiger partial charge is 0.307 e. The number of benzene rings is 1. The van der Waals surface area contributed by atoms with Crippen molar-refractivity contribution in [2.75, 3.05) is 11.6 Å². The van der Waals surface area contributed by atoms with Crippen molar-refractivity contribution in [3.8, 4) is 0 Å². The van der Waals surface area contributed by atoms with E-state index in [2.05, 4.69) is 26.2 Å². The molecule has 1 N–H and O–H groups in total. The van der Waals surface area contributed by atoms with Crippen molar-refractivity contribution in [1.29, 1.82) is 0 Å². The monoisotopic (exact) mass is 530 g/mol. The fourth-order valence-electron chi connectivity index (χ4n) is 3.74. The molecule has 1 aromatic heterocycles. The Hall–Kier alpha value is -2.20. The molecule has 1 saturated carbocycles. The number of amides is 1. The van der Waals surface area contributed by atoms with Crippen LogP contribution in [-0.4, -0.2) is 25.6 Å². The molecule has 1 heterocycles. The zero-order valence-corrected chi connectivity index (χ0v) is 19.6. The molecule has 1 amide bonds. The van der Waals surface area contributed by atoms with Gasteiger partial charge < -0.3 is 5.32 Å². The van der Waals surface area contributed by atoms with Crippen molar-refractivity contribution in [3.05, 3.63) is 58.2 Å². The van der Waals surface area contributed by atoms with Gasteiger partial charge in [-0.1, -0.05) is 47.3 Å². The third-order valence-corrected chi connectivity index (χ3v) is 6.90. The van der Waals surface area contributed by atoms with Crippen LogP contribution in [-0.2, 0) is 20.8 Å². The van der Waals surface area contributed by atoms with Gasteiger partial charge in [-0.15, -0.1) is 0 Å². The number of allylic oxidation sites excluding steroid dienone is 1. The SMILES string of the molecule is CS(=O)(=O)c1ccc(/C(=C\C2CCCCC2)C(=O)Nc2cc(Br)ccn2)cc1C(F)(F)F. The summed E-state index contributed by atoms with van der Waals surface area (Å²) in [4.78, 5) is 16.3. The molecule has 3 rings (SSSR count). The molecular formula is C22H22BrF3N2O3S. The van der Waals surface area contributed by atoms with E-state index in [0.717, 1.165) is 50.5 Å². The number of halogens is 4. The maximum absolute atomic E-state index is 13.7. The number of carbonyl (C=O) groups is 1. The molecule has 0 radical (unpaired) electrons. The molecule has 1 aliphatic rings. The van der Waals surface area contributed by atoms with Gasteiger partial charge in [0.25, 0.3) is 5.91 Å². The number of carbonyl (C=O) groups excluding carboxylic acids is 1. The third-order valence-electron chi connectivity index (χ3n) is 5.26. The van der Waals surface area contributed by atoms with Gasteiger partial charge in [-0.3, -0.25) is 4.79 Å². The molecule has 1 fully saturated rings. The van der Waals surface area contributed by atoms with Crippen LogP contribution in [0.4, 0.5) is 19.0 Å². The lowest BCUT2D eigenvalue weighted by molar-refractivity contribution is -0.139. The quantitative estimate of drug-likeness (QED) is 0.490. The lowest BCUT2D eigenvalue weighted by Crippen LogP contribution is -2.18. The van der Waals surface area contributed by atoms with E-state index in [9.17, 15) is 26.4 Å². The molecule has 0 bridgehead atoms. The van der Waals surface area contributed by atoms with Gasteiger partial charge >= 0.3 is 6.18 Å². The number of hydrogen-bond acceptors (Lipinski definition) is 4. The maximum Gasteiger partial charge on any atom is 0.417 e. The molecule has 5 nitrogen and oxygen atoms in total. The molecule has 172 valence electrons. The number of sulfone groups is 1. The van der Waals surface area contributed by atoms with Gasteiger partial charge in [0.2, 0.25) is 0 Å². The van der Waals surface area contributed by atoms with Crippen molar-refractivity contribution in [2.24, 2.45) is 5.92 Å². The Morgan fingerprint density at radius 2 is 1.84 bits per heavy atom. The number of anilines is 1. The summed E-state index contributed by atoms with van der Waals surface area (Å²) >= 11 is 3.28. The highest BCUT2D eigenvalue weighted by atomic mass is 79.9. The fourth-order valence-corrected chi connectivity index (χ4v) is 4.96. The minimum Gasteiger partial charge on any atom is -0.307 e. The lowest BCUT2D eigenvalue weighted by Gasteiger charge is -2.20. The second-order valence-corrected chi connectivity index (χ2v) is 10.7. The molecule has 1 aliphatic carbocycles. The van der Waals surface area contributed by atoms with Crippen LogP contribution >= 0.6 is 15.9 Å². The second kappa shape index (κ2) is 9.74. The van der Waals surface area contributed by atoms with E-state index in [-0.39, 0.29) is 22.9 Å². The van der Waals surface area contributed by atoms with Gasteiger partial charge in [0.05, 0.1) is 10.5 Å². The predicted molar refractivity (Wildman–Crippen MR) is 120 cm³/mol. The van der Waals surface area contributed by atoms with Crippen molar-refractivity contribution in [1.82, 2.24) is 4.98 Å². The van der Waals surface area contributed by atoms with E-state index in [4.69, 9.17) is 0 Å². The highest BCUT2D eigenvalue weighted by molar-refractivity contribution is 9.10. The topological polar surface area (TPSA) is 76.1 Å². The van der Waals surface area contributed by atoms with Crippen molar-refractivity contribution < 1.29 is 26.4 Å². The highest BCUT2D eigenvalue weighted by Crippen LogP contribution is 2.37. The molecule has 0 aliphatic heterocycles. The Bertz CT molecular complexity index is 1140. The van der Waals surface area contributed by atoms with Gasteiger partial charge in [-0.25, -0.2) is 13.4 Å². The molecule has 0 atom stereocenters. The van der Waals surface area contributed by atoms with Crippen LogP contribution in [0.15, 0.2) is 52.0 Å². The summed E-state index contributed by atoms with van der Waals surface area (Å²) in [5, 5.41) is 2.63. The average molecular weight is 531 g/mol. The predicted octanol–water partition coefficient (Wildman–Crippen LogP) is 5.87. The van der Waals surface area contributed by atoms with Crippen LogP contribution < -0.4 is 5.32 Å².